The second kappa shape index (κ2) is 10.2. The molecule has 3 aliphatic rings. The summed E-state index contributed by atoms with van der Waals surface area (Å²) in [7, 11) is 0. The molecule has 9 heteroatoms. The Morgan fingerprint density at radius 3 is 2.27 bits per heavy atom. The summed E-state index contributed by atoms with van der Waals surface area (Å²) in [6, 6.07) is 10.1. The van der Waals surface area contributed by atoms with Crippen molar-refractivity contribution in [3.05, 3.63) is 58.0 Å². The molecule has 1 aromatic rings. The fourth-order valence-corrected chi connectivity index (χ4v) is 5.48. The largest absolute Gasteiger partial charge is 0.481 e. The van der Waals surface area contributed by atoms with Crippen molar-refractivity contribution in [1.29, 1.82) is 0 Å². The number of carboxylic acid groups (broad SMARTS) is 1. The van der Waals surface area contributed by atoms with Gasteiger partial charge in [-0.2, -0.15) is 0 Å². The number of nitro groups is 1. The van der Waals surface area contributed by atoms with Crippen LogP contribution in [0.2, 0.25) is 0 Å². The second-order valence-corrected chi connectivity index (χ2v) is 9.29. The first kappa shape index (κ1) is 23.1. The van der Waals surface area contributed by atoms with Crippen LogP contribution in [-0.4, -0.2) is 75.9 Å². The zero-order valence-electron chi connectivity index (χ0n) is 18.8. The smallest absolute Gasteiger partial charge is 0.309 e. The van der Waals surface area contributed by atoms with Crippen molar-refractivity contribution in [1.82, 2.24) is 14.7 Å². The zero-order valence-corrected chi connectivity index (χ0v) is 18.8. The Balaban J connectivity index is 1.46. The van der Waals surface area contributed by atoms with Crippen LogP contribution in [0.5, 0.6) is 0 Å². The fourth-order valence-electron chi connectivity index (χ4n) is 5.48. The Morgan fingerprint density at radius 1 is 0.909 bits per heavy atom. The van der Waals surface area contributed by atoms with E-state index in [0.717, 1.165) is 45.0 Å². The van der Waals surface area contributed by atoms with Gasteiger partial charge in [0, 0.05) is 45.2 Å². The number of benzene rings is 1. The summed E-state index contributed by atoms with van der Waals surface area (Å²) >= 11 is 0. The molecule has 0 aromatic heterocycles. The van der Waals surface area contributed by atoms with E-state index in [9.17, 15) is 24.8 Å². The van der Waals surface area contributed by atoms with Gasteiger partial charge < -0.3 is 19.8 Å². The van der Waals surface area contributed by atoms with Crippen LogP contribution in [0.15, 0.2) is 42.4 Å². The number of carboxylic acids is 1. The maximum absolute atomic E-state index is 13.4. The van der Waals surface area contributed by atoms with Crippen LogP contribution in [0.3, 0.4) is 0 Å². The van der Waals surface area contributed by atoms with Crippen LogP contribution in [0.1, 0.15) is 43.6 Å². The molecule has 4 rings (SSSR count). The number of carbonyl (C=O) groups is 2. The second-order valence-electron chi connectivity index (χ2n) is 9.29. The van der Waals surface area contributed by atoms with Gasteiger partial charge in [0.1, 0.15) is 0 Å². The number of rotatable bonds is 6. The maximum atomic E-state index is 13.4. The van der Waals surface area contributed by atoms with Gasteiger partial charge in [-0.05, 0) is 37.7 Å². The minimum Gasteiger partial charge on any atom is -0.481 e. The third-order valence-electron chi connectivity index (χ3n) is 7.24. The van der Waals surface area contributed by atoms with Crippen LogP contribution < -0.4 is 0 Å². The van der Waals surface area contributed by atoms with E-state index >= 15 is 0 Å². The molecule has 9 nitrogen and oxygen atoms in total. The van der Waals surface area contributed by atoms with Crippen LogP contribution in [0.4, 0.5) is 0 Å². The lowest BCUT2D eigenvalue weighted by Gasteiger charge is -2.42. The summed E-state index contributed by atoms with van der Waals surface area (Å²) in [4.78, 5) is 42.0. The predicted molar refractivity (Wildman–Crippen MR) is 122 cm³/mol. The lowest BCUT2D eigenvalue weighted by molar-refractivity contribution is -0.405. The zero-order chi connectivity index (χ0) is 23.4. The molecule has 178 valence electrons. The number of carbonyl (C=O) groups excluding carboxylic acids is 1. The van der Waals surface area contributed by atoms with Gasteiger partial charge in [-0.3, -0.25) is 19.7 Å². The highest BCUT2D eigenvalue weighted by Gasteiger charge is 2.43. The molecule has 0 spiro atoms. The third-order valence-corrected chi connectivity index (χ3v) is 7.24. The van der Waals surface area contributed by atoms with Crippen molar-refractivity contribution < 1.29 is 19.6 Å². The highest BCUT2D eigenvalue weighted by molar-refractivity contribution is 5.85. The summed E-state index contributed by atoms with van der Waals surface area (Å²) in [6.45, 7) is 3.24. The molecular formula is C24H32N4O5. The Labute approximate surface area is 193 Å². The van der Waals surface area contributed by atoms with Crippen LogP contribution in [0, 0.1) is 22.0 Å². The Kier molecular flexibility index (Phi) is 7.15. The fraction of sp³-hybridized carbons (Fsp3) is 0.583. The van der Waals surface area contributed by atoms with Gasteiger partial charge in [-0.15, -0.1) is 0 Å². The van der Waals surface area contributed by atoms with Crippen molar-refractivity contribution in [3.63, 3.8) is 0 Å². The molecule has 3 saturated heterocycles. The first-order chi connectivity index (χ1) is 15.9. The van der Waals surface area contributed by atoms with Crippen molar-refractivity contribution in [2.45, 2.75) is 38.0 Å². The SMILES string of the molecule is O=C(O)[C@H]1CN(/C(=C\[N+](=O)[O-])N2CCCCC2)CC[C@@H]1C(=O)N1CC[C@H](c2ccccc2)C1. The van der Waals surface area contributed by atoms with E-state index in [2.05, 4.69) is 12.1 Å². The average molecular weight is 457 g/mol. The minimum atomic E-state index is -1.02. The summed E-state index contributed by atoms with van der Waals surface area (Å²) in [5.74, 6) is -1.86. The number of amides is 1. The monoisotopic (exact) mass is 456 g/mol. The van der Waals surface area contributed by atoms with Gasteiger partial charge in [0.05, 0.1) is 16.8 Å². The van der Waals surface area contributed by atoms with Crippen molar-refractivity contribution in [2.24, 2.45) is 11.8 Å². The number of hydrogen-bond donors (Lipinski definition) is 1. The highest BCUT2D eigenvalue weighted by Crippen LogP contribution is 2.33. The molecule has 1 N–H and O–H groups in total. The summed E-state index contributed by atoms with van der Waals surface area (Å²) in [6.07, 6.45) is 5.27. The number of piperidine rings is 2. The van der Waals surface area contributed by atoms with E-state index < -0.39 is 22.7 Å². The summed E-state index contributed by atoms with van der Waals surface area (Å²) in [5, 5.41) is 21.3. The van der Waals surface area contributed by atoms with Gasteiger partial charge in [0.15, 0.2) is 5.82 Å². The Morgan fingerprint density at radius 2 is 1.61 bits per heavy atom. The van der Waals surface area contributed by atoms with Gasteiger partial charge in [-0.1, -0.05) is 30.3 Å². The molecular weight excluding hydrogens is 424 g/mol. The van der Waals surface area contributed by atoms with E-state index in [0.29, 0.717) is 31.9 Å². The van der Waals surface area contributed by atoms with Gasteiger partial charge in [0.25, 0.3) is 6.20 Å². The van der Waals surface area contributed by atoms with Crippen molar-refractivity contribution in [3.8, 4) is 0 Å². The summed E-state index contributed by atoms with van der Waals surface area (Å²) < 4.78 is 0. The van der Waals surface area contributed by atoms with Crippen LogP contribution in [0.25, 0.3) is 0 Å². The van der Waals surface area contributed by atoms with Gasteiger partial charge >= 0.3 is 5.97 Å². The molecule has 0 unspecified atom stereocenters. The highest BCUT2D eigenvalue weighted by atomic mass is 16.6. The van der Waals surface area contributed by atoms with Crippen LogP contribution >= 0.6 is 0 Å². The lowest BCUT2D eigenvalue weighted by Crippen LogP contribution is -2.51. The number of hydrogen-bond acceptors (Lipinski definition) is 6. The summed E-state index contributed by atoms with van der Waals surface area (Å²) in [5.41, 5.74) is 1.20. The molecule has 1 amide bonds. The van der Waals surface area contributed by atoms with Crippen LogP contribution in [-0.2, 0) is 9.59 Å². The van der Waals surface area contributed by atoms with Crippen molar-refractivity contribution in [2.75, 3.05) is 39.3 Å². The molecule has 33 heavy (non-hydrogen) atoms. The normalized spacial score (nSPS) is 26.4. The maximum Gasteiger partial charge on any atom is 0.309 e. The molecule has 3 heterocycles. The molecule has 0 radical (unpaired) electrons. The lowest BCUT2D eigenvalue weighted by atomic mass is 9.84. The molecule has 3 fully saturated rings. The molecule has 1 aromatic carbocycles. The van der Waals surface area contributed by atoms with E-state index in [1.165, 1.54) is 5.56 Å². The topological polar surface area (TPSA) is 107 Å². The molecule has 0 bridgehead atoms. The van der Waals surface area contributed by atoms with Gasteiger partial charge in [-0.25, -0.2) is 0 Å². The Hall–Kier alpha value is -3.10. The first-order valence-electron chi connectivity index (χ1n) is 11.9. The van der Waals surface area contributed by atoms with E-state index in [1.807, 2.05) is 28.0 Å². The molecule has 3 atom stereocenters. The van der Waals surface area contributed by atoms with Crippen molar-refractivity contribution >= 4 is 11.9 Å². The first-order valence-corrected chi connectivity index (χ1v) is 11.9. The number of nitrogens with zero attached hydrogens (tertiary/aromatic N) is 4. The number of aliphatic carboxylic acids is 1. The standard InChI is InChI=1S/C24H32N4O5/c29-23(27-13-9-19(15-27)18-7-3-1-4-8-18)20-10-14-26(16-21(20)24(30)31)22(17-28(32)33)25-11-5-2-6-12-25/h1,3-4,7-8,17,19-21H,2,5-6,9-16H2,(H,30,31)/b22-17-/t19-,20-,21-/m0/s1. The van der Waals surface area contributed by atoms with Gasteiger partial charge in [0.2, 0.25) is 5.91 Å². The average Bonchev–Trinajstić information content (AvgIpc) is 3.33. The van der Waals surface area contributed by atoms with E-state index in [4.69, 9.17) is 0 Å². The van der Waals surface area contributed by atoms with E-state index in [1.54, 1.807) is 4.90 Å². The molecule has 0 saturated carbocycles. The number of likely N-dealkylation sites (tertiary alicyclic amines) is 3. The quantitative estimate of drug-likeness (QED) is 0.518. The molecule has 3 aliphatic heterocycles. The molecule has 0 aliphatic carbocycles. The Bertz CT molecular complexity index is 899. The predicted octanol–water partition coefficient (Wildman–Crippen LogP) is 2.59. The minimum absolute atomic E-state index is 0.0988. The third kappa shape index (κ3) is 5.29. The van der Waals surface area contributed by atoms with E-state index in [-0.39, 0.29) is 18.4 Å².